The first-order valence-corrected chi connectivity index (χ1v) is 15.9. The van der Waals surface area contributed by atoms with E-state index in [9.17, 15) is 29.1 Å². The Labute approximate surface area is 287 Å². The quantitative estimate of drug-likeness (QED) is 0.0822. The topological polar surface area (TPSA) is 207 Å². The van der Waals surface area contributed by atoms with Gasteiger partial charge in [-0.05, 0) is 22.8 Å². The molecule has 3 atom stereocenters. The van der Waals surface area contributed by atoms with Gasteiger partial charge >= 0.3 is 12.1 Å². The van der Waals surface area contributed by atoms with Crippen LogP contribution >= 0.6 is 0 Å². The van der Waals surface area contributed by atoms with Crippen molar-refractivity contribution in [1.82, 2.24) is 36.2 Å². The predicted octanol–water partition coefficient (Wildman–Crippen LogP) is 2.38. The number of H-pyrrole nitrogens is 2. The van der Waals surface area contributed by atoms with E-state index in [1.165, 1.54) is 12.5 Å². The number of aliphatic carboxylic acids is 1. The van der Waals surface area contributed by atoms with Crippen LogP contribution in [0.4, 0.5) is 4.79 Å². The number of imidazole rings is 1. The Morgan fingerprint density at radius 3 is 2.04 bits per heavy atom. The van der Waals surface area contributed by atoms with E-state index in [0.29, 0.717) is 16.8 Å². The van der Waals surface area contributed by atoms with E-state index in [0.717, 1.165) is 16.5 Å². The molecule has 0 radical (unpaired) electrons. The SMILES string of the molecule is O=C(CNC(=O)OCc1ccccc1)N[C@@H](Cc1cnc[nH]1)C(=O)N[C@@H](Cc1ccccc1)C(=O)N[C@@H](Cc1c[nH]c2ccccc12)C(=O)O. The van der Waals surface area contributed by atoms with Gasteiger partial charge in [-0.15, -0.1) is 0 Å². The third-order valence-corrected chi connectivity index (χ3v) is 7.87. The Balaban J connectivity index is 1.27. The fourth-order valence-electron chi connectivity index (χ4n) is 5.32. The minimum atomic E-state index is -1.30. The zero-order chi connectivity index (χ0) is 35.3. The number of rotatable bonds is 16. The summed E-state index contributed by atoms with van der Waals surface area (Å²) in [6, 6.07) is 21.7. The third-order valence-electron chi connectivity index (χ3n) is 7.87. The average molecular weight is 680 g/mol. The summed E-state index contributed by atoms with van der Waals surface area (Å²) in [4.78, 5) is 74.9. The maximum Gasteiger partial charge on any atom is 0.407 e. The van der Waals surface area contributed by atoms with Crippen molar-refractivity contribution < 1.29 is 33.8 Å². The number of aromatic nitrogens is 3. The summed E-state index contributed by atoms with van der Waals surface area (Å²) < 4.78 is 5.14. The lowest BCUT2D eigenvalue weighted by Crippen LogP contribution is -2.57. The Hall–Kier alpha value is -6.44. The first-order chi connectivity index (χ1) is 24.2. The Morgan fingerprint density at radius 1 is 0.720 bits per heavy atom. The molecule has 0 saturated heterocycles. The van der Waals surface area contributed by atoms with Gasteiger partial charge in [0, 0.05) is 48.3 Å². The number of carboxylic acids is 1. The minimum absolute atomic E-state index is 0.00359. The number of fused-ring (bicyclic) bond motifs is 1. The highest BCUT2D eigenvalue weighted by molar-refractivity contribution is 5.94. The fourth-order valence-corrected chi connectivity index (χ4v) is 5.32. The summed E-state index contributed by atoms with van der Waals surface area (Å²) in [6.07, 6.45) is 3.81. The highest BCUT2D eigenvalue weighted by Crippen LogP contribution is 2.19. The molecule has 2 aromatic heterocycles. The molecule has 0 bridgehead atoms. The summed E-state index contributed by atoms with van der Waals surface area (Å²) in [7, 11) is 0. The van der Waals surface area contributed by atoms with Crippen molar-refractivity contribution in [3.05, 3.63) is 126 Å². The van der Waals surface area contributed by atoms with Gasteiger partial charge in [-0.1, -0.05) is 78.9 Å². The van der Waals surface area contributed by atoms with Crippen LogP contribution in [0.3, 0.4) is 0 Å². The lowest BCUT2D eigenvalue weighted by Gasteiger charge is -2.24. The number of aromatic amines is 2. The highest BCUT2D eigenvalue weighted by Gasteiger charge is 2.31. The maximum absolute atomic E-state index is 13.8. The zero-order valence-electron chi connectivity index (χ0n) is 26.9. The molecule has 0 spiro atoms. The molecule has 258 valence electrons. The number of hydrogen-bond donors (Lipinski definition) is 7. The third kappa shape index (κ3) is 10.0. The molecule has 2 heterocycles. The number of benzene rings is 3. The molecule has 0 fully saturated rings. The van der Waals surface area contributed by atoms with Crippen LogP contribution < -0.4 is 21.3 Å². The van der Waals surface area contributed by atoms with Gasteiger partial charge in [-0.25, -0.2) is 14.6 Å². The Bertz CT molecular complexity index is 1900. The van der Waals surface area contributed by atoms with Crippen molar-refractivity contribution in [3.63, 3.8) is 0 Å². The van der Waals surface area contributed by atoms with Crippen molar-refractivity contribution in [1.29, 1.82) is 0 Å². The van der Waals surface area contributed by atoms with Gasteiger partial charge in [-0.2, -0.15) is 0 Å². The molecule has 0 saturated carbocycles. The molecule has 4 amide bonds. The first-order valence-electron chi connectivity index (χ1n) is 15.9. The number of nitrogens with zero attached hydrogens (tertiary/aromatic N) is 1. The van der Waals surface area contributed by atoms with Gasteiger partial charge in [-0.3, -0.25) is 14.4 Å². The van der Waals surface area contributed by atoms with E-state index in [1.54, 1.807) is 60.8 Å². The molecule has 14 heteroatoms. The van der Waals surface area contributed by atoms with E-state index in [2.05, 4.69) is 36.2 Å². The molecule has 7 N–H and O–H groups in total. The molecule has 0 aliphatic carbocycles. The average Bonchev–Trinajstić information content (AvgIpc) is 3.80. The second kappa shape index (κ2) is 17.1. The van der Waals surface area contributed by atoms with E-state index >= 15 is 0 Å². The van der Waals surface area contributed by atoms with Crippen molar-refractivity contribution in [3.8, 4) is 0 Å². The number of hydrogen-bond acceptors (Lipinski definition) is 7. The molecule has 0 aliphatic rings. The van der Waals surface area contributed by atoms with E-state index in [1.807, 2.05) is 30.3 Å². The van der Waals surface area contributed by atoms with Crippen LogP contribution in [-0.2, 0) is 49.8 Å². The van der Waals surface area contributed by atoms with Crippen LogP contribution in [0.2, 0.25) is 0 Å². The number of para-hydroxylation sites is 1. The van der Waals surface area contributed by atoms with Gasteiger partial charge in [0.15, 0.2) is 0 Å². The van der Waals surface area contributed by atoms with Crippen LogP contribution in [0.1, 0.15) is 22.4 Å². The van der Waals surface area contributed by atoms with E-state index in [-0.39, 0.29) is 25.9 Å². The zero-order valence-corrected chi connectivity index (χ0v) is 26.9. The monoisotopic (exact) mass is 679 g/mol. The first kappa shape index (κ1) is 34.9. The van der Waals surface area contributed by atoms with Crippen LogP contribution in [0.25, 0.3) is 10.9 Å². The van der Waals surface area contributed by atoms with Gasteiger partial charge in [0.05, 0.1) is 6.33 Å². The summed E-state index contributed by atoms with van der Waals surface area (Å²) in [5, 5.41) is 21.1. The number of ether oxygens (including phenoxy) is 1. The molecular weight excluding hydrogens is 642 g/mol. The van der Waals surface area contributed by atoms with Crippen LogP contribution in [0.5, 0.6) is 0 Å². The van der Waals surface area contributed by atoms with Gasteiger partial charge in [0.1, 0.15) is 31.3 Å². The summed E-state index contributed by atoms with van der Waals surface area (Å²) >= 11 is 0. The standard InChI is InChI=1S/C36H37N7O7/c44-32(20-39-36(49)50-21-24-11-5-2-6-12-24)41-30(17-26-19-37-22-40-26)34(46)42-29(15-23-9-3-1-4-10-23)33(45)43-31(35(47)48)16-25-18-38-28-14-8-7-13-27(25)28/h1-14,18-19,22,29-31,38H,15-17,20-21H2,(H,37,40)(H,39,49)(H,41,44)(H,42,46)(H,43,45)(H,47,48)/t29-,30-,31-/m0/s1. The summed E-state index contributed by atoms with van der Waals surface area (Å²) in [5.74, 6) is -3.36. The molecule has 14 nitrogen and oxygen atoms in total. The van der Waals surface area contributed by atoms with Crippen molar-refractivity contribution in [2.45, 2.75) is 44.0 Å². The van der Waals surface area contributed by atoms with Crippen LogP contribution in [0.15, 0.2) is 104 Å². The molecule has 0 aliphatic heterocycles. The number of carbonyl (C=O) groups excluding carboxylic acids is 4. The van der Waals surface area contributed by atoms with E-state index < -0.39 is 54.5 Å². The van der Waals surface area contributed by atoms with Crippen molar-refractivity contribution >= 4 is 40.7 Å². The molecule has 0 unspecified atom stereocenters. The largest absolute Gasteiger partial charge is 0.480 e. The molecule has 5 aromatic rings. The van der Waals surface area contributed by atoms with Gasteiger partial charge < -0.3 is 41.1 Å². The van der Waals surface area contributed by atoms with Crippen molar-refractivity contribution in [2.24, 2.45) is 0 Å². The second-order valence-electron chi connectivity index (χ2n) is 11.5. The number of carbonyl (C=O) groups is 5. The number of nitrogens with one attached hydrogen (secondary N) is 6. The highest BCUT2D eigenvalue weighted by atomic mass is 16.5. The predicted molar refractivity (Wildman–Crippen MR) is 182 cm³/mol. The number of alkyl carbamates (subject to hydrolysis) is 1. The lowest BCUT2D eigenvalue weighted by atomic mass is 10.0. The summed E-state index contributed by atoms with van der Waals surface area (Å²) in [6.45, 7) is -0.475. The molecule has 50 heavy (non-hydrogen) atoms. The number of amides is 4. The minimum Gasteiger partial charge on any atom is -0.480 e. The Kier molecular flexibility index (Phi) is 11.9. The number of carboxylic acid groups (broad SMARTS) is 1. The molecule has 3 aromatic carbocycles. The second-order valence-corrected chi connectivity index (χ2v) is 11.5. The maximum atomic E-state index is 13.8. The van der Waals surface area contributed by atoms with Crippen LogP contribution in [0, 0.1) is 0 Å². The van der Waals surface area contributed by atoms with Gasteiger partial charge in [0.25, 0.3) is 0 Å². The normalized spacial score (nSPS) is 12.6. The van der Waals surface area contributed by atoms with Crippen molar-refractivity contribution in [2.75, 3.05) is 6.54 Å². The Morgan fingerprint density at radius 2 is 1.36 bits per heavy atom. The molecule has 5 rings (SSSR count). The smallest absolute Gasteiger partial charge is 0.407 e. The molecular formula is C36H37N7O7. The lowest BCUT2D eigenvalue weighted by molar-refractivity contribution is -0.142. The van der Waals surface area contributed by atoms with Crippen LogP contribution in [-0.4, -0.2) is 74.5 Å². The summed E-state index contributed by atoms with van der Waals surface area (Å²) in [5.41, 5.74) is 3.54. The van der Waals surface area contributed by atoms with E-state index in [4.69, 9.17) is 4.74 Å². The van der Waals surface area contributed by atoms with Gasteiger partial charge in [0.2, 0.25) is 17.7 Å². The fraction of sp³-hybridized carbons (Fsp3) is 0.222.